The Balaban J connectivity index is 3.21. The van der Waals surface area contributed by atoms with Gasteiger partial charge in [0.05, 0.1) is 0 Å². The molecule has 2 nitrogen and oxygen atoms in total. The van der Waals surface area contributed by atoms with Crippen LogP contribution in [0.3, 0.4) is 0 Å². The molecule has 0 aliphatic heterocycles. The molecule has 2 unspecified atom stereocenters. The maximum atomic E-state index is 10.5. The molecule has 0 aromatic rings. The van der Waals surface area contributed by atoms with Gasteiger partial charge in [-0.1, -0.05) is 33.1 Å². The fourth-order valence-corrected chi connectivity index (χ4v) is 1.28. The minimum atomic E-state index is -2.24. The van der Waals surface area contributed by atoms with E-state index in [0.29, 0.717) is 0 Å². The highest BCUT2D eigenvalue weighted by atomic mass is 31.1. The molecule has 0 saturated carbocycles. The van der Waals surface area contributed by atoms with E-state index in [9.17, 15) is 4.57 Å². The van der Waals surface area contributed by atoms with Crippen molar-refractivity contribution in [3.63, 3.8) is 0 Å². The summed E-state index contributed by atoms with van der Waals surface area (Å²) in [5, 5.41) is 0. The first-order valence-electron chi connectivity index (χ1n) is 3.91. The summed E-state index contributed by atoms with van der Waals surface area (Å²) in [5.74, 6) is 0. The van der Waals surface area contributed by atoms with E-state index in [-0.39, 0.29) is 5.66 Å². The van der Waals surface area contributed by atoms with Crippen LogP contribution in [-0.4, -0.2) is 10.6 Å². The lowest BCUT2D eigenvalue weighted by Crippen LogP contribution is -1.94. The first-order valence-corrected chi connectivity index (χ1v) is 5.34. The molecular weight excluding hydrogens is 147 g/mol. The van der Waals surface area contributed by atoms with Gasteiger partial charge in [0.2, 0.25) is 0 Å². The second-order valence-electron chi connectivity index (χ2n) is 2.74. The Kier molecular flexibility index (Phi) is 6.05. The predicted octanol–water partition coefficient (Wildman–Crippen LogP) is 2.42. The summed E-state index contributed by atoms with van der Waals surface area (Å²) in [5.41, 5.74) is 0.0246. The van der Waals surface area contributed by atoms with E-state index >= 15 is 0 Å². The number of hydrogen-bond acceptors (Lipinski definition) is 1. The molecule has 10 heavy (non-hydrogen) atoms. The standard InChI is InChI=1S/C7H17O2P/c1-3-4-5-6-7(2)10(8)9/h7,10H,3-6H2,1-2H3,(H,8,9). The van der Waals surface area contributed by atoms with Crippen LogP contribution in [0.2, 0.25) is 0 Å². The lowest BCUT2D eigenvalue weighted by Gasteiger charge is -2.04. The Hall–Kier alpha value is 0.190. The largest absolute Gasteiger partial charge is 0.346 e. The molecule has 0 spiro atoms. The van der Waals surface area contributed by atoms with Crippen LogP contribution >= 0.6 is 8.03 Å². The van der Waals surface area contributed by atoms with E-state index in [4.69, 9.17) is 4.89 Å². The minimum Gasteiger partial charge on any atom is -0.346 e. The summed E-state index contributed by atoms with van der Waals surface area (Å²) in [6.45, 7) is 3.98. The highest BCUT2D eigenvalue weighted by Crippen LogP contribution is 2.26. The first-order chi connectivity index (χ1) is 4.68. The predicted molar refractivity (Wildman–Crippen MR) is 44.8 cm³/mol. The van der Waals surface area contributed by atoms with Crippen molar-refractivity contribution in [3.05, 3.63) is 0 Å². The van der Waals surface area contributed by atoms with Crippen molar-refractivity contribution in [1.29, 1.82) is 0 Å². The zero-order valence-corrected chi connectivity index (χ0v) is 7.76. The Labute approximate surface area is 63.5 Å². The van der Waals surface area contributed by atoms with Crippen LogP contribution in [0.1, 0.15) is 39.5 Å². The molecule has 0 fully saturated rings. The molecule has 0 heterocycles. The SMILES string of the molecule is CCCCCC(C)[PH](=O)O. The van der Waals surface area contributed by atoms with Crippen LogP contribution in [0, 0.1) is 0 Å². The van der Waals surface area contributed by atoms with Crippen molar-refractivity contribution in [2.45, 2.75) is 45.2 Å². The van der Waals surface area contributed by atoms with Crippen LogP contribution < -0.4 is 0 Å². The molecule has 0 rings (SSSR count). The quantitative estimate of drug-likeness (QED) is 0.500. The van der Waals surface area contributed by atoms with Gasteiger partial charge in [0, 0.05) is 5.66 Å². The average molecular weight is 164 g/mol. The van der Waals surface area contributed by atoms with Gasteiger partial charge in [-0.15, -0.1) is 0 Å². The normalized spacial score (nSPS) is 16.7. The molecule has 2 atom stereocenters. The van der Waals surface area contributed by atoms with E-state index in [1.54, 1.807) is 0 Å². The van der Waals surface area contributed by atoms with Gasteiger partial charge in [0.25, 0.3) is 0 Å². The fraction of sp³-hybridized carbons (Fsp3) is 1.00. The highest BCUT2D eigenvalue weighted by Gasteiger charge is 2.05. The van der Waals surface area contributed by atoms with Crippen molar-refractivity contribution < 1.29 is 9.46 Å². The van der Waals surface area contributed by atoms with Gasteiger partial charge in [0.15, 0.2) is 8.03 Å². The maximum Gasteiger partial charge on any atom is 0.191 e. The summed E-state index contributed by atoms with van der Waals surface area (Å²) < 4.78 is 10.5. The van der Waals surface area contributed by atoms with Gasteiger partial charge in [-0.3, -0.25) is 4.57 Å². The molecular formula is C7H17O2P. The van der Waals surface area contributed by atoms with Gasteiger partial charge in [-0.2, -0.15) is 0 Å². The average Bonchev–Trinajstić information content (AvgIpc) is 1.88. The minimum absolute atomic E-state index is 0.0246. The Bertz CT molecular complexity index is 104. The molecule has 0 aliphatic carbocycles. The maximum absolute atomic E-state index is 10.5. The summed E-state index contributed by atoms with van der Waals surface area (Å²) in [4.78, 5) is 8.67. The zero-order valence-electron chi connectivity index (χ0n) is 6.76. The third-order valence-electron chi connectivity index (χ3n) is 1.66. The van der Waals surface area contributed by atoms with Crippen molar-refractivity contribution in [3.8, 4) is 0 Å². The molecule has 0 bridgehead atoms. The Morgan fingerprint density at radius 2 is 2.10 bits per heavy atom. The Morgan fingerprint density at radius 1 is 1.50 bits per heavy atom. The molecule has 0 aliphatic rings. The topological polar surface area (TPSA) is 37.3 Å². The van der Waals surface area contributed by atoms with Crippen LogP contribution in [-0.2, 0) is 4.57 Å². The molecule has 0 aromatic carbocycles. The monoisotopic (exact) mass is 164 g/mol. The summed E-state index contributed by atoms with van der Waals surface area (Å²) in [7, 11) is -2.24. The summed E-state index contributed by atoms with van der Waals surface area (Å²) >= 11 is 0. The number of rotatable bonds is 5. The van der Waals surface area contributed by atoms with Gasteiger partial charge in [0.1, 0.15) is 0 Å². The van der Waals surface area contributed by atoms with E-state index < -0.39 is 8.03 Å². The molecule has 1 N–H and O–H groups in total. The molecule has 0 saturated heterocycles. The van der Waals surface area contributed by atoms with Gasteiger partial charge < -0.3 is 4.89 Å². The molecule has 3 heteroatoms. The summed E-state index contributed by atoms with van der Waals surface area (Å²) in [6, 6.07) is 0. The van der Waals surface area contributed by atoms with Gasteiger partial charge >= 0.3 is 0 Å². The first kappa shape index (κ1) is 10.2. The lowest BCUT2D eigenvalue weighted by atomic mass is 10.2. The number of hydrogen-bond donors (Lipinski definition) is 1. The second-order valence-corrected chi connectivity index (χ2v) is 4.40. The third kappa shape index (κ3) is 5.01. The van der Waals surface area contributed by atoms with Crippen molar-refractivity contribution in [2.75, 3.05) is 0 Å². The van der Waals surface area contributed by atoms with Crippen molar-refractivity contribution >= 4 is 8.03 Å². The fourth-order valence-electron chi connectivity index (χ4n) is 0.824. The molecule has 0 amide bonds. The van der Waals surface area contributed by atoms with E-state index in [0.717, 1.165) is 12.8 Å². The molecule has 0 aromatic heterocycles. The molecule has 62 valence electrons. The Morgan fingerprint density at radius 3 is 2.50 bits per heavy atom. The van der Waals surface area contributed by atoms with Gasteiger partial charge in [-0.05, 0) is 6.42 Å². The zero-order chi connectivity index (χ0) is 7.98. The molecule has 0 radical (unpaired) electrons. The van der Waals surface area contributed by atoms with Crippen LogP contribution in [0.5, 0.6) is 0 Å². The second kappa shape index (κ2) is 5.94. The lowest BCUT2D eigenvalue weighted by molar-refractivity contribution is 0.484. The smallest absolute Gasteiger partial charge is 0.191 e. The van der Waals surface area contributed by atoms with E-state index in [2.05, 4.69) is 6.92 Å². The van der Waals surface area contributed by atoms with Crippen LogP contribution in [0.4, 0.5) is 0 Å². The summed E-state index contributed by atoms with van der Waals surface area (Å²) in [6.07, 6.45) is 4.36. The van der Waals surface area contributed by atoms with Crippen molar-refractivity contribution in [1.82, 2.24) is 0 Å². The van der Waals surface area contributed by atoms with Crippen LogP contribution in [0.15, 0.2) is 0 Å². The third-order valence-corrected chi connectivity index (χ3v) is 2.79. The highest BCUT2D eigenvalue weighted by molar-refractivity contribution is 7.38. The number of unbranched alkanes of at least 4 members (excludes halogenated alkanes) is 2. The van der Waals surface area contributed by atoms with E-state index in [1.165, 1.54) is 12.8 Å². The van der Waals surface area contributed by atoms with Crippen molar-refractivity contribution in [2.24, 2.45) is 0 Å². The van der Waals surface area contributed by atoms with Crippen LogP contribution in [0.25, 0.3) is 0 Å². The van der Waals surface area contributed by atoms with E-state index in [1.807, 2.05) is 6.92 Å². The van der Waals surface area contributed by atoms with Gasteiger partial charge in [-0.25, -0.2) is 0 Å².